The van der Waals surface area contributed by atoms with E-state index in [0.717, 1.165) is 33.4 Å². The van der Waals surface area contributed by atoms with Gasteiger partial charge >= 0.3 is 0 Å². The molecule has 1 aromatic carbocycles. The minimum absolute atomic E-state index is 0.00388. The van der Waals surface area contributed by atoms with Gasteiger partial charge in [0.15, 0.2) is 5.43 Å². The van der Waals surface area contributed by atoms with Crippen LogP contribution in [0.15, 0.2) is 35.3 Å². The van der Waals surface area contributed by atoms with Gasteiger partial charge in [0.2, 0.25) is 0 Å². The lowest BCUT2D eigenvalue weighted by atomic mass is 10.1. The van der Waals surface area contributed by atoms with Crippen molar-refractivity contribution >= 4 is 10.9 Å². The van der Waals surface area contributed by atoms with Crippen molar-refractivity contribution in [2.24, 2.45) is 7.05 Å². The summed E-state index contributed by atoms with van der Waals surface area (Å²) in [5, 5.41) is 8.40. The molecule has 25 heavy (non-hydrogen) atoms. The van der Waals surface area contributed by atoms with Crippen molar-refractivity contribution in [3.05, 3.63) is 63.2 Å². The minimum Gasteiger partial charge on any atom is -0.383 e. The number of methoxy groups -OCH3 is 1. The molecule has 3 rings (SSSR count). The molecule has 0 fully saturated rings. The van der Waals surface area contributed by atoms with Crippen LogP contribution in [-0.2, 0) is 18.3 Å². The molecule has 132 valence electrons. The van der Waals surface area contributed by atoms with E-state index in [0.29, 0.717) is 13.2 Å². The number of benzene rings is 1. The smallest absolute Gasteiger partial charge is 0.189 e. The number of H-pyrrole nitrogens is 1. The van der Waals surface area contributed by atoms with Crippen LogP contribution in [-0.4, -0.2) is 28.5 Å². The van der Waals surface area contributed by atoms with Gasteiger partial charge in [0.25, 0.3) is 0 Å². The van der Waals surface area contributed by atoms with Gasteiger partial charge in [-0.05, 0) is 37.1 Å². The van der Waals surface area contributed by atoms with E-state index in [9.17, 15) is 4.79 Å². The second-order valence-corrected chi connectivity index (χ2v) is 6.43. The van der Waals surface area contributed by atoms with Gasteiger partial charge in [0.1, 0.15) is 0 Å². The number of aromatic nitrogens is 3. The Hall–Kier alpha value is -2.44. The van der Waals surface area contributed by atoms with E-state index in [-0.39, 0.29) is 11.5 Å². The van der Waals surface area contributed by atoms with E-state index in [2.05, 4.69) is 21.5 Å². The fourth-order valence-electron chi connectivity index (χ4n) is 3.23. The SMILES string of the molecule is COC[C@H](NCc1cc(=O)c2cc(C)cc(C)c2[nH]1)c1ccnn1C. The summed E-state index contributed by atoms with van der Waals surface area (Å²) in [7, 11) is 3.58. The summed E-state index contributed by atoms with van der Waals surface area (Å²) in [4.78, 5) is 15.9. The Morgan fingerprint density at radius 2 is 2.12 bits per heavy atom. The van der Waals surface area contributed by atoms with Gasteiger partial charge in [-0.2, -0.15) is 5.10 Å². The lowest BCUT2D eigenvalue weighted by molar-refractivity contribution is 0.163. The maximum atomic E-state index is 12.5. The van der Waals surface area contributed by atoms with Crippen molar-refractivity contribution in [3.8, 4) is 0 Å². The Bertz CT molecular complexity index is 942. The third kappa shape index (κ3) is 3.65. The zero-order chi connectivity index (χ0) is 18.0. The molecule has 0 aliphatic heterocycles. The van der Waals surface area contributed by atoms with Crippen LogP contribution in [0.2, 0.25) is 0 Å². The first-order chi connectivity index (χ1) is 12.0. The number of aromatic amines is 1. The Balaban J connectivity index is 1.87. The summed E-state index contributed by atoms with van der Waals surface area (Å²) in [5.41, 5.74) is 5.01. The van der Waals surface area contributed by atoms with Crippen LogP contribution in [0.4, 0.5) is 0 Å². The number of nitrogens with zero attached hydrogens (tertiary/aromatic N) is 2. The Morgan fingerprint density at radius 3 is 2.80 bits per heavy atom. The predicted octanol–water partition coefficient (Wildman–Crippen LogP) is 2.36. The van der Waals surface area contributed by atoms with Gasteiger partial charge in [-0.25, -0.2) is 0 Å². The average Bonchev–Trinajstić information content (AvgIpc) is 2.98. The van der Waals surface area contributed by atoms with Gasteiger partial charge in [0, 0.05) is 44.0 Å². The van der Waals surface area contributed by atoms with Crippen LogP contribution in [0, 0.1) is 13.8 Å². The van der Waals surface area contributed by atoms with Crippen LogP contribution in [0.25, 0.3) is 10.9 Å². The van der Waals surface area contributed by atoms with E-state index in [1.807, 2.05) is 37.7 Å². The fraction of sp³-hybridized carbons (Fsp3) is 0.368. The summed E-state index contributed by atoms with van der Waals surface area (Å²) in [6.07, 6.45) is 1.77. The molecule has 0 bridgehead atoms. The first-order valence-electron chi connectivity index (χ1n) is 8.33. The molecule has 0 aliphatic rings. The number of rotatable bonds is 6. The number of ether oxygens (including phenoxy) is 1. The molecule has 0 radical (unpaired) electrons. The summed E-state index contributed by atoms with van der Waals surface area (Å²) in [6.45, 7) is 5.09. The highest BCUT2D eigenvalue weighted by atomic mass is 16.5. The fourth-order valence-corrected chi connectivity index (χ4v) is 3.23. The van der Waals surface area contributed by atoms with Crippen molar-refractivity contribution in [3.63, 3.8) is 0 Å². The third-order valence-corrected chi connectivity index (χ3v) is 4.42. The van der Waals surface area contributed by atoms with Gasteiger partial charge in [-0.15, -0.1) is 0 Å². The number of hydrogen-bond acceptors (Lipinski definition) is 4. The first kappa shape index (κ1) is 17.4. The van der Waals surface area contributed by atoms with Gasteiger partial charge in [0.05, 0.1) is 23.9 Å². The Kier molecular flexibility index (Phi) is 5.01. The summed E-state index contributed by atoms with van der Waals surface area (Å²) in [6, 6.07) is 7.64. The second-order valence-electron chi connectivity index (χ2n) is 6.43. The minimum atomic E-state index is -0.00388. The predicted molar refractivity (Wildman–Crippen MR) is 98.7 cm³/mol. The number of nitrogens with one attached hydrogen (secondary N) is 2. The highest BCUT2D eigenvalue weighted by molar-refractivity contribution is 5.82. The van der Waals surface area contributed by atoms with Crippen LogP contribution in [0.3, 0.4) is 0 Å². The van der Waals surface area contributed by atoms with E-state index < -0.39 is 0 Å². The molecule has 0 amide bonds. The molecule has 6 heteroatoms. The van der Waals surface area contributed by atoms with Crippen LogP contribution >= 0.6 is 0 Å². The Labute approximate surface area is 146 Å². The molecule has 2 N–H and O–H groups in total. The van der Waals surface area contributed by atoms with E-state index in [1.165, 1.54) is 0 Å². The highest BCUT2D eigenvalue weighted by Crippen LogP contribution is 2.17. The number of aryl methyl sites for hydroxylation is 3. The maximum Gasteiger partial charge on any atom is 0.189 e. The average molecular weight is 340 g/mol. The van der Waals surface area contributed by atoms with Crippen molar-refractivity contribution < 1.29 is 4.74 Å². The summed E-state index contributed by atoms with van der Waals surface area (Å²) < 4.78 is 7.15. The lowest BCUT2D eigenvalue weighted by Gasteiger charge is -2.18. The molecule has 3 aromatic rings. The highest BCUT2D eigenvalue weighted by Gasteiger charge is 2.15. The molecule has 2 aromatic heterocycles. The topological polar surface area (TPSA) is 71.9 Å². The zero-order valence-electron chi connectivity index (χ0n) is 15.1. The largest absolute Gasteiger partial charge is 0.383 e. The molecule has 0 saturated heterocycles. The van der Waals surface area contributed by atoms with Crippen LogP contribution < -0.4 is 10.7 Å². The van der Waals surface area contributed by atoms with Gasteiger partial charge in [-0.1, -0.05) is 6.07 Å². The normalized spacial score (nSPS) is 12.6. The monoisotopic (exact) mass is 340 g/mol. The van der Waals surface area contributed by atoms with Crippen LogP contribution in [0.1, 0.15) is 28.6 Å². The number of fused-ring (bicyclic) bond motifs is 1. The van der Waals surface area contributed by atoms with Crippen molar-refractivity contribution in [2.45, 2.75) is 26.4 Å². The molecular formula is C19H24N4O2. The summed E-state index contributed by atoms with van der Waals surface area (Å²) in [5.74, 6) is 0. The standard InChI is InChI=1S/C19H24N4O2/c1-12-7-13(2)19-15(8-12)18(24)9-14(22-19)10-20-16(11-25-4)17-5-6-21-23(17)3/h5-9,16,20H,10-11H2,1-4H3,(H,22,24)/t16-/m0/s1. The molecule has 0 aliphatic carbocycles. The Morgan fingerprint density at radius 1 is 1.32 bits per heavy atom. The third-order valence-electron chi connectivity index (χ3n) is 4.42. The zero-order valence-corrected chi connectivity index (χ0v) is 15.1. The van der Waals surface area contributed by atoms with E-state index in [1.54, 1.807) is 19.4 Å². The number of pyridine rings is 1. The lowest BCUT2D eigenvalue weighted by Crippen LogP contribution is -2.27. The van der Waals surface area contributed by atoms with E-state index >= 15 is 0 Å². The molecule has 1 atom stereocenters. The van der Waals surface area contributed by atoms with Gasteiger partial charge < -0.3 is 15.0 Å². The molecule has 0 unspecified atom stereocenters. The quantitative estimate of drug-likeness (QED) is 0.722. The molecule has 0 spiro atoms. The van der Waals surface area contributed by atoms with E-state index in [4.69, 9.17) is 4.74 Å². The van der Waals surface area contributed by atoms with Gasteiger partial charge in [-0.3, -0.25) is 9.48 Å². The molecule has 2 heterocycles. The summed E-state index contributed by atoms with van der Waals surface area (Å²) >= 11 is 0. The van der Waals surface area contributed by atoms with Crippen LogP contribution in [0.5, 0.6) is 0 Å². The maximum absolute atomic E-state index is 12.5. The second kappa shape index (κ2) is 7.21. The van der Waals surface area contributed by atoms with Crippen molar-refractivity contribution in [1.29, 1.82) is 0 Å². The van der Waals surface area contributed by atoms with Crippen molar-refractivity contribution in [1.82, 2.24) is 20.1 Å². The van der Waals surface area contributed by atoms with Crippen molar-refractivity contribution in [2.75, 3.05) is 13.7 Å². The first-order valence-corrected chi connectivity index (χ1v) is 8.33. The molecule has 6 nitrogen and oxygen atoms in total. The molecule has 0 saturated carbocycles. The molecular weight excluding hydrogens is 316 g/mol. The number of hydrogen-bond donors (Lipinski definition) is 2.